The van der Waals surface area contributed by atoms with E-state index in [-0.39, 0.29) is 0 Å². The largest absolute Gasteiger partial charge is 0.411 e. The second-order valence-electron chi connectivity index (χ2n) is 4.22. The van der Waals surface area contributed by atoms with Crippen LogP contribution in [0.5, 0.6) is 0 Å². The molecule has 0 saturated heterocycles. The molecule has 0 radical (unpaired) electrons. The zero-order chi connectivity index (χ0) is 10.2. The van der Waals surface area contributed by atoms with Crippen LogP contribution in [0.1, 0.15) is 13.8 Å². The zero-order valence-electron chi connectivity index (χ0n) is 8.04. The summed E-state index contributed by atoms with van der Waals surface area (Å²) in [6.45, 7) is 9.95. The number of halogens is 3. The molecule has 0 bridgehead atoms. The molecular weight excluding hydrogens is 251 g/mol. The van der Waals surface area contributed by atoms with Gasteiger partial charge in [-0.2, -0.15) is 0 Å². The van der Waals surface area contributed by atoms with Crippen molar-refractivity contribution in [2.75, 3.05) is 0 Å². The topological polar surface area (TPSA) is 9.23 Å². The van der Waals surface area contributed by atoms with Gasteiger partial charge in [-0.3, -0.25) is 0 Å². The van der Waals surface area contributed by atoms with Gasteiger partial charge in [0, 0.05) is 0 Å². The maximum atomic E-state index is 5.90. The van der Waals surface area contributed by atoms with Crippen LogP contribution < -0.4 is 0 Å². The van der Waals surface area contributed by atoms with Crippen LogP contribution in [0.4, 0.5) is 0 Å². The van der Waals surface area contributed by atoms with E-state index in [1.54, 1.807) is 0 Å². The Bertz CT molecular complexity index is 159. The van der Waals surface area contributed by atoms with Crippen LogP contribution in [-0.4, -0.2) is 19.5 Å². The summed E-state index contributed by atoms with van der Waals surface area (Å²) >= 11 is 17.7. The van der Waals surface area contributed by atoms with Crippen molar-refractivity contribution in [3.8, 4) is 0 Å². The molecule has 0 fully saturated rings. The molecule has 12 heavy (non-hydrogen) atoms. The van der Waals surface area contributed by atoms with Crippen molar-refractivity contribution < 1.29 is 4.43 Å². The van der Waals surface area contributed by atoms with Gasteiger partial charge in [0.05, 0.1) is 5.22 Å². The molecule has 0 aliphatic heterocycles. The summed E-state index contributed by atoms with van der Waals surface area (Å²) in [5, 5.41) is -0.581. The number of hydrogen-bond acceptors (Lipinski definition) is 1. The quantitative estimate of drug-likeness (QED) is 0.557. The van der Waals surface area contributed by atoms with Gasteiger partial charge < -0.3 is 4.43 Å². The Morgan fingerprint density at radius 3 is 1.42 bits per heavy atom. The van der Waals surface area contributed by atoms with E-state index in [1.165, 1.54) is 0 Å². The van der Waals surface area contributed by atoms with Gasteiger partial charge in [-0.05, 0) is 33.5 Å². The fourth-order valence-corrected chi connectivity index (χ4v) is 4.78. The summed E-state index contributed by atoms with van der Waals surface area (Å²) < 4.78 is 5.79. The molecule has 0 aliphatic rings. The van der Waals surface area contributed by atoms with Gasteiger partial charge in [-0.1, -0.05) is 0 Å². The van der Waals surface area contributed by atoms with Crippen molar-refractivity contribution in [2.45, 2.75) is 38.7 Å². The molecule has 0 aliphatic carbocycles. The molecule has 0 aromatic rings. The molecule has 0 amide bonds. The molecule has 0 aromatic carbocycles. The monoisotopic (exact) mass is 264 g/mol. The van der Waals surface area contributed by atoms with Crippen LogP contribution in [0, 0.1) is 0 Å². The standard InChI is InChI=1S/C6H15Cl3OSi2/c1-6(2,12(7,8)9)10-11(3,4)5/h1-5H3. The van der Waals surface area contributed by atoms with Crippen LogP contribution in [0.3, 0.4) is 0 Å². The third kappa shape index (κ3) is 4.49. The summed E-state index contributed by atoms with van der Waals surface area (Å²) in [5.41, 5.74) is 0. The number of rotatable bonds is 3. The lowest BCUT2D eigenvalue weighted by Crippen LogP contribution is -2.50. The van der Waals surface area contributed by atoms with Gasteiger partial charge in [0.15, 0.2) is 8.32 Å². The van der Waals surface area contributed by atoms with Crippen molar-refractivity contribution in [3.63, 3.8) is 0 Å². The maximum absolute atomic E-state index is 5.90. The molecule has 0 atom stereocenters. The van der Waals surface area contributed by atoms with E-state index >= 15 is 0 Å². The first-order valence-electron chi connectivity index (χ1n) is 3.73. The number of hydrogen-bond donors (Lipinski definition) is 0. The first-order valence-corrected chi connectivity index (χ1v) is 12.2. The summed E-state index contributed by atoms with van der Waals surface area (Å²) in [6, 6.07) is -2.77. The van der Waals surface area contributed by atoms with Gasteiger partial charge in [-0.15, -0.1) is 33.2 Å². The van der Waals surface area contributed by atoms with E-state index in [2.05, 4.69) is 19.6 Å². The molecule has 0 spiro atoms. The Kier molecular flexibility index (Phi) is 4.19. The zero-order valence-corrected chi connectivity index (χ0v) is 12.3. The van der Waals surface area contributed by atoms with Gasteiger partial charge >= 0.3 is 6.00 Å². The van der Waals surface area contributed by atoms with Gasteiger partial charge in [0.1, 0.15) is 0 Å². The highest BCUT2D eigenvalue weighted by Gasteiger charge is 2.47. The van der Waals surface area contributed by atoms with E-state index in [0.29, 0.717) is 0 Å². The van der Waals surface area contributed by atoms with Crippen LogP contribution in [0.25, 0.3) is 0 Å². The highest BCUT2D eigenvalue weighted by Crippen LogP contribution is 2.36. The van der Waals surface area contributed by atoms with Crippen molar-refractivity contribution in [2.24, 2.45) is 0 Å². The van der Waals surface area contributed by atoms with Gasteiger partial charge in [0.2, 0.25) is 0 Å². The second-order valence-corrected chi connectivity index (χ2v) is 17.7. The second kappa shape index (κ2) is 3.79. The van der Waals surface area contributed by atoms with Crippen LogP contribution in [0.15, 0.2) is 0 Å². The van der Waals surface area contributed by atoms with E-state index in [4.69, 9.17) is 37.7 Å². The van der Waals surface area contributed by atoms with Gasteiger partial charge in [-0.25, -0.2) is 0 Å². The molecule has 74 valence electrons. The van der Waals surface area contributed by atoms with E-state index in [0.717, 1.165) is 0 Å². The predicted molar refractivity (Wildman–Crippen MR) is 61.8 cm³/mol. The smallest absolute Gasteiger partial charge is 0.370 e. The average molecular weight is 266 g/mol. The minimum Gasteiger partial charge on any atom is -0.411 e. The maximum Gasteiger partial charge on any atom is 0.370 e. The Hall–Kier alpha value is 1.26. The Morgan fingerprint density at radius 2 is 1.33 bits per heavy atom. The summed E-state index contributed by atoms with van der Waals surface area (Å²) in [5.74, 6) is 0. The summed E-state index contributed by atoms with van der Waals surface area (Å²) in [4.78, 5) is 0. The van der Waals surface area contributed by atoms with Crippen molar-refractivity contribution in [1.29, 1.82) is 0 Å². The molecule has 0 heterocycles. The van der Waals surface area contributed by atoms with Crippen molar-refractivity contribution in [3.05, 3.63) is 0 Å². The summed E-state index contributed by atoms with van der Waals surface area (Å²) in [7, 11) is -1.62. The molecule has 1 nitrogen and oxygen atoms in total. The molecule has 0 aromatic heterocycles. The lowest BCUT2D eigenvalue weighted by atomic mass is 10.5. The normalized spacial score (nSPS) is 15.0. The minimum atomic E-state index is -2.77. The first kappa shape index (κ1) is 13.3. The highest BCUT2D eigenvalue weighted by atomic mass is 35.8. The van der Waals surface area contributed by atoms with Crippen molar-refractivity contribution in [1.82, 2.24) is 0 Å². The van der Waals surface area contributed by atoms with Crippen LogP contribution in [-0.2, 0) is 4.43 Å². The predicted octanol–water partition coefficient (Wildman–Crippen LogP) is 3.81. The SMILES string of the molecule is CC(C)(O[Si](C)(C)C)[Si](Cl)(Cl)Cl. The molecule has 6 heteroatoms. The first-order chi connectivity index (χ1) is 4.96. The summed E-state index contributed by atoms with van der Waals surface area (Å²) in [6.07, 6.45) is 0. The molecule has 0 unspecified atom stereocenters. The minimum absolute atomic E-state index is 0.581. The fourth-order valence-electron chi connectivity index (χ4n) is 0.823. The lowest BCUT2D eigenvalue weighted by molar-refractivity contribution is 0.185. The highest BCUT2D eigenvalue weighted by molar-refractivity contribution is 7.65. The molecular formula is C6H15Cl3OSi2. The van der Waals surface area contributed by atoms with Crippen LogP contribution >= 0.6 is 33.2 Å². The third-order valence-corrected chi connectivity index (χ3v) is 8.13. The molecule has 0 saturated carbocycles. The Labute approximate surface area is 90.6 Å². The fraction of sp³-hybridized carbons (Fsp3) is 1.00. The van der Waals surface area contributed by atoms with Crippen molar-refractivity contribution >= 4 is 47.6 Å². The van der Waals surface area contributed by atoms with Crippen LogP contribution in [0.2, 0.25) is 19.6 Å². The molecule has 0 rings (SSSR count). The molecule has 0 N–H and O–H groups in total. The lowest BCUT2D eigenvalue weighted by Gasteiger charge is -2.36. The average Bonchev–Trinajstić information content (AvgIpc) is 1.52. The Balaban J connectivity index is 4.44. The Morgan fingerprint density at radius 1 is 1.00 bits per heavy atom. The van der Waals surface area contributed by atoms with E-state index in [1.807, 2.05) is 13.8 Å². The van der Waals surface area contributed by atoms with E-state index in [9.17, 15) is 0 Å². The third-order valence-electron chi connectivity index (χ3n) is 1.24. The van der Waals surface area contributed by atoms with Gasteiger partial charge in [0.25, 0.3) is 0 Å². The van der Waals surface area contributed by atoms with E-state index < -0.39 is 19.5 Å².